The molecule has 0 aliphatic carbocycles. The molecular weight excluding hydrogens is 212 g/mol. The van der Waals surface area contributed by atoms with Gasteiger partial charge in [0.05, 0.1) is 11.5 Å². The fourth-order valence-corrected chi connectivity index (χ4v) is 3.53. The third-order valence-electron chi connectivity index (χ3n) is 2.81. The average molecular weight is 232 g/mol. The third kappa shape index (κ3) is 4.33. The molecule has 1 fully saturated rings. The zero-order chi connectivity index (χ0) is 11.7. The monoisotopic (exact) mass is 232 g/mol. The molecule has 0 aromatic carbocycles. The minimum Gasteiger partial charge on any atom is -0.299 e. The Balaban J connectivity index is 2.43. The van der Waals surface area contributed by atoms with Gasteiger partial charge in [-0.05, 0) is 18.3 Å². The van der Waals surface area contributed by atoms with E-state index in [9.17, 15) is 13.2 Å². The molecule has 0 aromatic rings. The molecule has 1 saturated heterocycles. The Morgan fingerprint density at radius 1 is 1.33 bits per heavy atom. The average Bonchev–Trinajstić information content (AvgIpc) is 2.40. The topological polar surface area (TPSA) is 51.2 Å². The van der Waals surface area contributed by atoms with Crippen molar-refractivity contribution in [3.63, 3.8) is 0 Å². The van der Waals surface area contributed by atoms with Crippen LogP contribution in [0.15, 0.2) is 0 Å². The van der Waals surface area contributed by atoms with Crippen molar-refractivity contribution in [2.24, 2.45) is 11.3 Å². The van der Waals surface area contributed by atoms with Crippen molar-refractivity contribution in [1.29, 1.82) is 0 Å². The van der Waals surface area contributed by atoms with Gasteiger partial charge in [0.2, 0.25) is 0 Å². The molecule has 0 spiro atoms. The minimum absolute atomic E-state index is 0.0793. The highest BCUT2D eigenvalue weighted by Crippen LogP contribution is 2.25. The first-order chi connectivity index (χ1) is 6.70. The van der Waals surface area contributed by atoms with Gasteiger partial charge in [0.15, 0.2) is 9.84 Å². The van der Waals surface area contributed by atoms with Gasteiger partial charge in [0.1, 0.15) is 5.78 Å². The lowest BCUT2D eigenvalue weighted by Gasteiger charge is -2.18. The Hall–Kier alpha value is -0.380. The molecule has 0 radical (unpaired) electrons. The summed E-state index contributed by atoms with van der Waals surface area (Å²) in [5, 5.41) is 0. The van der Waals surface area contributed by atoms with Crippen molar-refractivity contribution in [3.05, 3.63) is 0 Å². The van der Waals surface area contributed by atoms with Gasteiger partial charge in [-0.1, -0.05) is 20.8 Å². The van der Waals surface area contributed by atoms with Gasteiger partial charge in [-0.15, -0.1) is 0 Å². The van der Waals surface area contributed by atoms with E-state index in [1.807, 2.05) is 0 Å². The molecule has 1 atom stereocenters. The van der Waals surface area contributed by atoms with Gasteiger partial charge in [0.25, 0.3) is 0 Å². The van der Waals surface area contributed by atoms with Crippen LogP contribution in [0.25, 0.3) is 0 Å². The fraction of sp³-hybridized carbons (Fsp3) is 0.909. The maximum atomic E-state index is 11.7. The molecule has 3 nitrogen and oxygen atoms in total. The van der Waals surface area contributed by atoms with Gasteiger partial charge >= 0.3 is 0 Å². The Morgan fingerprint density at radius 2 is 1.93 bits per heavy atom. The Morgan fingerprint density at radius 3 is 2.33 bits per heavy atom. The molecule has 0 N–H and O–H groups in total. The fourth-order valence-electron chi connectivity index (χ4n) is 1.75. The molecule has 1 unspecified atom stereocenters. The minimum atomic E-state index is -2.92. The highest BCUT2D eigenvalue weighted by atomic mass is 32.2. The summed E-state index contributed by atoms with van der Waals surface area (Å²) in [6.07, 6.45) is 1.89. The lowest BCUT2D eigenvalue weighted by atomic mass is 9.87. The zero-order valence-corrected chi connectivity index (χ0v) is 10.6. The summed E-state index contributed by atoms with van der Waals surface area (Å²) in [5.74, 6) is 0.179. The molecule has 1 aliphatic heterocycles. The van der Waals surface area contributed by atoms with E-state index in [1.165, 1.54) is 0 Å². The highest BCUT2D eigenvalue weighted by molar-refractivity contribution is 7.91. The van der Waals surface area contributed by atoms with Crippen molar-refractivity contribution < 1.29 is 13.2 Å². The summed E-state index contributed by atoms with van der Waals surface area (Å²) >= 11 is 0. The van der Waals surface area contributed by atoms with Crippen molar-refractivity contribution in [2.45, 2.75) is 40.0 Å². The van der Waals surface area contributed by atoms with Crippen LogP contribution >= 0.6 is 0 Å². The predicted octanol–water partition coefficient (Wildman–Crippen LogP) is 1.82. The second-order valence-electron chi connectivity index (χ2n) is 5.63. The Kier molecular flexibility index (Phi) is 3.59. The quantitative estimate of drug-likeness (QED) is 0.745. The molecule has 1 rings (SSSR count). The van der Waals surface area contributed by atoms with Crippen molar-refractivity contribution in [1.82, 2.24) is 0 Å². The van der Waals surface area contributed by atoms with E-state index < -0.39 is 9.84 Å². The van der Waals surface area contributed by atoms with Gasteiger partial charge in [-0.25, -0.2) is 8.42 Å². The molecule has 0 bridgehead atoms. The molecule has 0 amide bonds. The number of sulfone groups is 1. The number of carbonyl (C=O) groups is 1. The van der Waals surface area contributed by atoms with Crippen molar-refractivity contribution >= 4 is 15.6 Å². The van der Waals surface area contributed by atoms with Gasteiger partial charge < -0.3 is 0 Å². The van der Waals surface area contributed by atoms with Gasteiger partial charge in [0, 0.05) is 12.3 Å². The molecule has 15 heavy (non-hydrogen) atoms. The van der Waals surface area contributed by atoms with Crippen molar-refractivity contribution in [3.8, 4) is 0 Å². The summed E-state index contributed by atoms with van der Waals surface area (Å²) in [4.78, 5) is 11.7. The van der Waals surface area contributed by atoms with Crippen LogP contribution in [0.1, 0.15) is 40.0 Å². The van der Waals surface area contributed by atoms with Gasteiger partial charge in [-0.3, -0.25) is 4.79 Å². The van der Waals surface area contributed by atoms with Gasteiger partial charge in [-0.2, -0.15) is 0 Å². The lowest BCUT2D eigenvalue weighted by Crippen LogP contribution is -2.18. The molecule has 88 valence electrons. The second-order valence-corrected chi connectivity index (χ2v) is 7.86. The van der Waals surface area contributed by atoms with Crippen LogP contribution in [-0.4, -0.2) is 25.7 Å². The maximum Gasteiger partial charge on any atom is 0.151 e. The first-order valence-corrected chi connectivity index (χ1v) is 7.25. The van der Waals surface area contributed by atoms with E-state index in [1.54, 1.807) is 0 Å². The second kappa shape index (κ2) is 4.24. The molecule has 1 aliphatic rings. The summed E-state index contributed by atoms with van der Waals surface area (Å²) < 4.78 is 22.4. The van der Waals surface area contributed by atoms with Crippen LogP contribution in [0.2, 0.25) is 0 Å². The van der Waals surface area contributed by atoms with Crippen molar-refractivity contribution in [2.75, 3.05) is 11.5 Å². The largest absolute Gasteiger partial charge is 0.299 e. The van der Waals surface area contributed by atoms with Crippen LogP contribution in [0.4, 0.5) is 0 Å². The van der Waals surface area contributed by atoms with E-state index in [0.29, 0.717) is 12.8 Å². The molecular formula is C11H20O3S. The van der Waals surface area contributed by atoms with Crippen LogP contribution in [0.5, 0.6) is 0 Å². The van der Waals surface area contributed by atoms with E-state index in [4.69, 9.17) is 0 Å². The number of rotatable bonds is 3. The summed E-state index contributed by atoms with van der Waals surface area (Å²) in [7, 11) is -2.92. The Labute approximate surface area is 92.2 Å². The normalized spacial score (nSPS) is 25.4. The smallest absolute Gasteiger partial charge is 0.151 e. The first-order valence-electron chi connectivity index (χ1n) is 5.43. The molecule has 4 heteroatoms. The summed E-state index contributed by atoms with van der Waals surface area (Å²) in [6.45, 7) is 6.27. The number of hydrogen-bond donors (Lipinski definition) is 0. The lowest BCUT2D eigenvalue weighted by molar-refractivity contribution is -0.122. The highest BCUT2D eigenvalue weighted by Gasteiger charge is 2.32. The number of hydrogen-bond acceptors (Lipinski definition) is 3. The SMILES string of the molecule is CC(C)(C)CCC(=O)C1CCS(=O)(=O)C1. The number of ketones is 1. The predicted molar refractivity (Wildman–Crippen MR) is 60.5 cm³/mol. The molecule has 0 aromatic heterocycles. The first kappa shape index (κ1) is 12.7. The molecule has 0 saturated carbocycles. The third-order valence-corrected chi connectivity index (χ3v) is 4.58. The van der Waals surface area contributed by atoms with Crippen LogP contribution < -0.4 is 0 Å². The standard InChI is InChI=1S/C11H20O3S/c1-11(2,3)6-4-10(12)9-5-7-15(13,14)8-9/h9H,4-8H2,1-3H3. The zero-order valence-electron chi connectivity index (χ0n) is 9.75. The van der Waals surface area contributed by atoms with Crippen LogP contribution in [0.3, 0.4) is 0 Å². The summed E-state index contributed by atoms with van der Waals surface area (Å²) in [6, 6.07) is 0. The number of carbonyl (C=O) groups excluding carboxylic acids is 1. The van der Waals surface area contributed by atoms with E-state index >= 15 is 0 Å². The Bertz CT molecular complexity index is 335. The summed E-state index contributed by atoms with van der Waals surface area (Å²) in [5.41, 5.74) is 0.146. The maximum absolute atomic E-state index is 11.7. The number of Topliss-reactive ketones (excluding diaryl/α,β-unsaturated/α-hetero) is 1. The van der Waals surface area contributed by atoms with E-state index in [2.05, 4.69) is 20.8 Å². The molecule has 1 heterocycles. The van der Waals surface area contributed by atoms with Crippen LogP contribution in [0, 0.1) is 11.3 Å². The van der Waals surface area contributed by atoms with Crippen LogP contribution in [-0.2, 0) is 14.6 Å². The van der Waals surface area contributed by atoms with E-state index in [0.717, 1.165) is 6.42 Å². The van der Waals surface area contributed by atoms with E-state index in [-0.39, 0.29) is 28.6 Å².